The normalized spacial score (nSPS) is 15.7. The lowest BCUT2D eigenvalue weighted by atomic mass is 10.2. The summed E-state index contributed by atoms with van der Waals surface area (Å²) in [6.45, 7) is 2.93. The number of thiazole rings is 1. The van der Waals surface area contributed by atoms with E-state index in [-0.39, 0.29) is 35.5 Å². The van der Waals surface area contributed by atoms with Gasteiger partial charge in [0, 0.05) is 18.7 Å². The lowest BCUT2D eigenvalue weighted by Gasteiger charge is -2.24. The average Bonchev–Trinajstić information content (AvgIpc) is 3.58. The molecule has 0 bridgehead atoms. The molecular formula is C27H26FN3O4S2. The fourth-order valence-electron chi connectivity index (χ4n) is 4.40. The predicted molar refractivity (Wildman–Crippen MR) is 143 cm³/mol. The van der Waals surface area contributed by atoms with E-state index in [1.54, 1.807) is 43.3 Å². The van der Waals surface area contributed by atoms with E-state index in [0.29, 0.717) is 27.7 Å². The summed E-state index contributed by atoms with van der Waals surface area (Å²) >= 11 is 1.23. The highest BCUT2D eigenvalue weighted by atomic mass is 32.2. The fourth-order valence-corrected chi connectivity index (χ4v) is 6.86. The number of rotatable bonds is 8. The van der Waals surface area contributed by atoms with E-state index >= 15 is 0 Å². The molecule has 37 heavy (non-hydrogen) atoms. The van der Waals surface area contributed by atoms with Crippen molar-refractivity contribution in [3.05, 3.63) is 84.2 Å². The second-order valence-corrected chi connectivity index (χ2v) is 11.5. The molecule has 4 aromatic rings. The number of benzene rings is 3. The Bertz CT molecular complexity index is 1500. The number of para-hydroxylation sites is 2. The number of hydrogen-bond acceptors (Lipinski definition) is 6. The van der Waals surface area contributed by atoms with Gasteiger partial charge in [0.25, 0.3) is 15.9 Å². The van der Waals surface area contributed by atoms with E-state index in [4.69, 9.17) is 4.74 Å². The van der Waals surface area contributed by atoms with Gasteiger partial charge in [-0.2, -0.15) is 0 Å². The zero-order chi connectivity index (χ0) is 26.0. The molecule has 1 amide bonds. The van der Waals surface area contributed by atoms with Gasteiger partial charge >= 0.3 is 0 Å². The van der Waals surface area contributed by atoms with Gasteiger partial charge in [0.1, 0.15) is 11.3 Å². The van der Waals surface area contributed by atoms with Crippen molar-refractivity contribution < 1.29 is 22.3 Å². The van der Waals surface area contributed by atoms with Gasteiger partial charge in [-0.15, -0.1) is 0 Å². The number of anilines is 2. The summed E-state index contributed by atoms with van der Waals surface area (Å²) < 4.78 is 48.7. The number of nitrogens with zero attached hydrogens (tertiary/aromatic N) is 3. The van der Waals surface area contributed by atoms with Crippen molar-refractivity contribution in [2.24, 2.45) is 0 Å². The molecule has 7 nitrogen and oxygen atoms in total. The molecule has 3 aromatic carbocycles. The van der Waals surface area contributed by atoms with Gasteiger partial charge in [0.2, 0.25) is 0 Å². The van der Waals surface area contributed by atoms with Crippen LogP contribution in [0.15, 0.2) is 77.7 Å². The number of carbonyl (C=O) groups is 1. The second-order valence-electron chi connectivity index (χ2n) is 8.66. The molecule has 192 valence electrons. The van der Waals surface area contributed by atoms with Crippen LogP contribution in [0.2, 0.25) is 0 Å². The molecule has 0 spiro atoms. The first kappa shape index (κ1) is 25.3. The molecule has 1 aliphatic rings. The van der Waals surface area contributed by atoms with E-state index in [1.807, 2.05) is 6.07 Å². The number of hydrogen-bond donors (Lipinski definition) is 0. The van der Waals surface area contributed by atoms with Crippen molar-refractivity contribution in [2.45, 2.75) is 30.8 Å². The Morgan fingerprint density at radius 1 is 1.08 bits per heavy atom. The molecule has 2 heterocycles. The minimum Gasteiger partial charge on any atom is -0.376 e. The number of fused-ring (bicyclic) bond motifs is 1. The smallest absolute Gasteiger partial charge is 0.264 e. The van der Waals surface area contributed by atoms with Crippen LogP contribution in [0.5, 0.6) is 0 Å². The highest BCUT2D eigenvalue weighted by Gasteiger charge is 2.29. The van der Waals surface area contributed by atoms with Crippen LogP contribution in [0.1, 0.15) is 30.1 Å². The summed E-state index contributed by atoms with van der Waals surface area (Å²) in [5.74, 6) is -0.799. The number of amides is 1. The number of halogens is 1. The van der Waals surface area contributed by atoms with E-state index in [1.165, 1.54) is 50.9 Å². The third-order valence-corrected chi connectivity index (χ3v) is 9.23. The van der Waals surface area contributed by atoms with Crippen molar-refractivity contribution in [3.63, 3.8) is 0 Å². The van der Waals surface area contributed by atoms with Crippen LogP contribution in [0, 0.1) is 5.82 Å². The quantitative estimate of drug-likeness (QED) is 0.296. The summed E-state index contributed by atoms with van der Waals surface area (Å²) in [4.78, 5) is 19.7. The number of sulfonamides is 1. The van der Waals surface area contributed by atoms with Crippen LogP contribution < -0.4 is 9.21 Å². The molecule has 1 atom stereocenters. The van der Waals surface area contributed by atoms with Gasteiger partial charge in [-0.1, -0.05) is 35.6 Å². The van der Waals surface area contributed by atoms with Crippen LogP contribution in [-0.2, 0) is 14.8 Å². The van der Waals surface area contributed by atoms with Crippen LogP contribution in [0.4, 0.5) is 15.2 Å². The average molecular weight is 540 g/mol. The third-order valence-electron chi connectivity index (χ3n) is 6.27. The molecule has 1 aliphatic heterocycles. The molecule has 1 unspecified atom stereocenters. The zero-order valence-electron chi connectivity index (χ0n) is 20.2. The molecule has 1 fully saturated rings. The Balaban J connectivity index is 1.45. The second kappa shape index (κ2) is 10.6. The number of carbonyl (C=O) groups excluding carboxylic acids is 1. The fraction of sp³-hybridized carbons (Fsp3) is 0.259. The Labute approximate surface area is 219 Å². The first-order valence-corrected chi connectivity index (χ1v) is 14.3. The van der Waals surface area contributed by atoms with Gasteiger partial charge in [-0.25, -0.2) is 17.8 Å². The largest absolute Gasteiger partial charge is 0.376 e. The van der Waals surface area contributed by atoms with Crippen molar-refractivity contribution in [1.82, 2.24) is 4.98 Å². The molecule has 0 saturated carbocycles. The van der Waals surface area contributed by atoms with E-state index in [0.717, 1.165) is 12.8 Å². The topological polar surface area (TPSA) is 79.8 Å². The monoisotopic (exact) mass is 539 g/mol. The predicted octanol–water partition coefficient (Wildman–Crippen LogP) is 5.48. The molecule has 0 aliphatic carbocycles. The Kier molecular flexibility index (Phi) is 7.23. The van der Waals surface area contributed by atoms with E-state index < -0.39 is 15.8 Å². The van der Waals surface area contributed by atoms with Crippen molar-refractivity contribution in [2.75, 3.05) is 28.9 Å². The maximum absolute atomic E-state index is 14.3. The first-order valence-electron chi connectivity index (χ1n) is 12.0. The molecule has 5 rings (SSSR count). The van der Waals surface area contributed by atoms with Crippen molar-refractivity contribution in [1.29, 1.82) is 0 Å². The first-order chi connectivity index (χ1) is 17.9. The van der Waals surface area contributed by atoms with Crippen molar-refractivity contribution in [3.8, 4) is 0 Å². The minimum absolute atomic E-state index is 0.0856. The van der Waals surface area contributed by atoms with Crippen molar-refractivity contribution >= 4 is 48.3 Å². The molecule has 1 aromatic heterocycles. The highest BCUT2D eigenvalue weighted by Crippen LogP contribution is 2.32. The van der Waals surface area contributed by atoms with Crippen LogP contribution in [0.25, 0.3) is 10.2 Å². The SMILES string of the molecule is CCN(c1ccccc1)S(=O)(=O)c1ccc(C(=O)N(CC2CCCO2)c2nc3c(F)cccc3s2)cc1. The Morgan fingerprint density at radius 2 is 1.84 bits per heavy atom. The molecule has 0 radical (unpaired) electrons. The van der Waals surface area contributed by atoms with Gasteiger partial charge < -0.3 is 4.74 Å². The highest BCUT2D eigenvalue weighted by molar-refractivity contribution is 7.92. The van der Waals surface area contributed by atoms with Gasteiger partial charge in [0.15, 0.2) is 5.13 Å². The molecule has 10 heteroatoms. The summed E-state index contributed by atoms with van der Waals surface area (Å²) in [7, 11) is -3.82. The maximum Gasteiger partial charge on any atom is 0.264 e. The van der Waals surface area contributed by atoms with Crippen LogP contribution in [0.3, 0.4) is 0 Å². The lowest BCUT2D eigenvalue weighted by molar-refractivity contribution is 0.0917. The van der Waals surface area contributed by atoms with E-state index in [9.17, 15) is 17.6 Å². The summed E-state index contributed by atoms with van der Waals surface area (Å²) in [6, 6.07) is 19.5. The molecule has 0 N–H and O–H groups in total. The Hall–Kier alpha value is -3.34. The summed E-state index contributed by atoms with van der Waals surface area (Å²) in [5, 5.41) is 0.374. The Morgan fingerprint density at radius 3 is 2.49 bits per heavy atom. The maximum atomic E-state index is 14.3. The summed E-state index contributed by atoms with van der Waals surface area (Å²) in [6.07, 6.45) is 1.57. The standard InChI is InChI=1S/C27H26FN3O4S2/c1-2-31(20-8-4-3-5-9-20)37(33,34)22-15-13-19(14-16-22)26(32)30(18-21-10-7-17-35-21)27-29-25-23(28)11-6-12-24(25)36-27/h3-6,8-9,11-16,21H,2,7,10,17-18H2,1H3. The number of ether oxygens (including phenoxy) is 1. The van der Waals surface area contributed by atoms with Gasteiger partial charge in [-0.05, 0) is 68.3 Å². The van der Waals surface area contributed by atoms with E-state index in [2.05, 4.69) is 4.98 Å². The van der Waals surface area contributed by atoms with Gasteiger partial charge in [0.05, 0.1) is 27.9 Å². The third kappa shape index (κ3) is 5.09. The molecule has 1 saturated heterocycles. The van der Waals surface area contributed by atoms with Gasteiger partial charge in [-0.3, -0.25) is 14.0 Å². The zero-order valence-corrected chi connectivity index (χ0v) is 21.8. The number of aromatic nitrogens is 1. The van der Waals surface area contributed by atoms with Crippen LogP contribution >= 0.6 is 11.3 Å². The van der Waals surface area contributed by atoms with Crippen LogP contribution in [-0.4, -0.2) is 45.1 Å². The molecular weight excluding hydrogens is 513 g/mol. The minimum atomic E-state index is -3.82. The lowest BCUT2D eigenvalue weighted by Crippen LogP contribution is -2.37. The summed E-state index contributed by atoms with van der Waals surface area (Å²) in [5.41, 5.74) is 1.09.